The second-order valence-electron chi connectivity index (χ2n) is 4.51. The molecule has 3 rings (SSSR count). The molecule has 1 unspecified atom stereocenters. The molecule has 1 aliphatic carbocycles. The first-order valence-electron chi connectivity index (χ1n) is 6.09. The maximum absolute atomic E-state index is 5.58. The van der Waals surface area contributed by atoms with Gasteiger partial charge in [-0.3, -0.25) is 0 Å². The normalized spacial score (nSPS) is 25.1. The van der Waals surface area contributed by atoms with E-state index in [1.165, 1.54) is 12.8 Å². The molecule has 88 valence electrons. The van der Waals surface area contributed by atoms with Crippen molar-refractivity contribution >= 4 is 0 Å². The lowest BCUT2D eigenvalue weighted by molar-refractivity contribution is 0.0881. The minimum absolute atomic E-state index is 0.0395. The van der Waals surface area contributed by atoms with Gasteiger partial charge in [0.15, 0.2) is 0 Å². The van der Waals surface area contributed by atoms with E-state index in [1.807, 2.05) is 0 Å². The molecule has 1 aliphatic heterocycles. The van der Waals surface area contributed by atoms with Crippen molar-refractivity contribution in [2.75, 3.05) is 13.2 Å². The third-order valence-corrected chi connectivity index (χ3v) is 3.04. The molecule has 16 heavy (non-hydrogen) atoms. The summed E-state index contributed by atoms with van der Waals surface area (Å²) in [4.78, 5) is 0. The van der Waals surface area contributed by atoms with Crippen molar-refractivity contribution in [3.8, 4) is 0 Å². The first-order chi connectivity index (χ1) is 7.92. The van der Waals surface area contributed by atoms with Gasteiger partial charge >= 0.3 is 0 Å². The highest BCUT2D eigenvalue weighted by atomic mass is 16.5. The molecule has 0 bridgehead atoms. The van der Waals surface area contributed by atoms with Gasteiger partial charge in [0.2, 0.25) is 11.8 Å². The molecule has 5 nitrogen and oxygen atoms in total. The van der Waals surface area contributed by atoms with Gasteiger partial charge in [-0.25, -0.2) is 0 Å². The van der Waals surface area contributed by atoms with Crippen LogP contribution in [0.1, 0.15) is 43.6 Å². The van der Waals surface area contributed by atoms with Gasteiger partial charge in [0.25, 0.3) is 0 Å². The Balaban J connectivity index is 1.50. The van der Waals surface area contributed by atoms with Crippen LogP contribution in [-0.4, -0.2) is 29.4 Å². The van der Waals surface area contributed by atoms with E-state index in [4.69, 9.17) is 9.15 Å². The van der Waals surface area contributed by atoms with E-state index in [-0.39, 0.29) is 6.10 Å². The summed E-state index contributed by atoms with van der Waals surface area (Å²) in [6.45, 7) is 1.74. The van der Waals surface area contributed by atoms with Gasteiger partial charge in [0.05, 0.1) is 0 Å². The Morgan fingerprint density at radius 2 is 2.19 bits per heavy atom. The molecular formula is C11H17N3O2. The predicted octanol–water partition coefficient (Wildman–Crippen LogP) is 1.22. The van der Waals surface area contributed by atoms with Crippen molar-refractivity contribution in [2.24, 2.45) is 0 Å². The molecule has 1 saturated heterocycles. The Bertz CT molecular complexity index is 343. The smallest absolute Gasteiger partial charge is 0.245 e. The van der Waals surface area contributed by atoms with E-state index in [0.717, 1.165) is 44.3 Å². The molecule has 0 radical (unpaired) electrons. The summed E-state index contributed by atoms with van der Waals surface area (Å²) in [5, 5.41) is 11.5. The van der Waals surface area contributed by atoms with E-state index in [0.29, 0.717) is 5.89 Å². The molecule has 2 aliphatic rings. The highest BCUT2D eigenvalue weighted by Crippen LogP contribution is 2.27. The third kappa shape index (κ3) is 2.41. The molecule has 0 amide bonds. The average Bonchev–Trinajstić information content (AvgIpc) is 2.83. The van der Waals surface area contributed by atoms with Gasteiger partial charge in [-0.15, -0.1) is 10.2 Å². The van der Waals surface area contributed by atoms with Crippen molar-refractivity contribution in [3.05, 3.63) is 11.8 Å². The first-order valence-corrected chi connectivity index (χ1v) is 6.09. The summed E-state index contributed by atoms with van der Waals surface area (Å²) in [5.41, 5.74) is 0. The lowest BCUT2D eigenvalue weighted by Crippen LogP contribution is -2.19. The fourth-order valence-corrected chi connectivity index (χ4v) is 1.94. The summed E-state index contributed by atoms with van der Waals surface area (Å²) in [5.74, 6) is 1.37. The van der Waals surface area contributed by atoms with Crippen LogP contribution in [0.25, 0.3) is 0 Å². The van der Waals surface area contributed by atoms with Crippen LogP contribution in [0.2, 0.25) is 0 Å². The highest BCUT2D eigenvalue weighted by molar-refractivity contribution is 4.90. The van der Waals surface area contributed by atoms with Gasteiger partial charge in [-0.2, -0.15) is 0 Å². The Morgan fingerprint density at radius 1 is 1.25 bits per heavy atom. The molecule has 0 aromatic carbocycles. The zero-order valence-electron chi connectivity index (χ0n) is 9.32. The zero-order chi connectivity index (χ0) is 10.8. The minimum atomic E-state index is 0.0395. The molecule has 1 N–H and O–H groups in total. The average molecular weight is 223 g/mol. The van der Waals surface area contributed by atoms with Crippen LogP contribution in [0, 0.1) is 0 Å². The molecule has 1 saturated carbocycles. The molecule has 1 aromatic rings. The van der Waals surface area contributed by atoms with Crippen molar-refractivity contribution < 1.29 is 9.15 Å². The molecular weight excluding hydrogens is 206 g/mol. The minimum Gasteiger partial charge on any atom is -0.422 e. The lowest BCUT2D eigenvalue weighted by atomic mass is 10.2. The molecule has 2 fully saturated rings. The predicted molar refractivity (Wildman–Crippen MR) is 57.0 cm³/mol. The topological polar surface area (TPSA) is 60.2 Å². The lowest BCUT2D eigenvalue weighted by Gasteiger charge is -2.01. The van der Waals surface area contributed by atoms with Crippen molar-refractivity contribution in [2.45, 2.75) is 44.2 Å². The van der Waals surface area contributed by atoms with E-state index in [1.54, 1.807) is 0 Å². The van der Waals surface area contributed by atoms with Crippen LogP contribution >= 0.6 is 0 Å². The van der Waals surface area contributed by atoms with Crippen molar-refractivity contribution in [1.82, 2.24) is 15.5 Å². The maximum atomic E-state index is 5.58. The van der Waals surface area contributed by atoms with Crippen LogP contribution < -0.4 is 5.32 Å². The molecule has 1 aromatic heterocycles. The summed E-state index contributed by atoms with van der Waals surface area (Å²) in [7, 11) is 0. The number of nitrogens with one attached hydrogen (secondary N) is 1. The molecule has 2 heterocycles. The van der Waals surface area contributed by atoms with E-state index >= 15 is 0 Å². The number of hydrogen-bond acceptors (Lipinski definition) is 5. The van der Waals surface area contributed by atoms with Crippen molar-refractivity contribution in [3.63, 3.8) is 0 Å². The highest BCUT2D eigenvalue weighted by Gasteiger charge is 2.24. The zero-order valence-corrected chi connectivity index (χ0v) is 9.32. The van der Waals surface area contributed by atoms with Crippen LogP contribution in [0.4, 0.5) is 0 Å². The van der Waals surface area contributed by atoms with Gasteiger partial charge < -0.3 is 14.5 Å². The third-order valence-electron chi connectivity index (χ3n) is 3.04. The van der Waals surface area contributed by atoms with E-state index < -0.39 is 0 Å². The Kier molecular flexibility index (Phi) is 2.88. The van der Waals surface area contributed by atoms with Gasteiger partial charge in [0, 0.05) is 25.6 Å². The standard InChI is InChI=1S/C11H17N3O2/c1-2-9(15-7-1)11-14-13-10(16-11)5-6-12-8-3-4-8/h8-9,12H,1-7H2. The second-order valence-corrected chi connectivity index (χ2v) is 4.51. The fraction of sp³-hybridized carbons (Fsp3) is 0.818. The van der Waals surface area contributed by atoms with E-state index in [9.17, 15) is 0 Å². The molecule has 5 heteroatoms. The monoisotopic (exact) mass is 223 g/mol. The van der Waals surface area contributed by atoms with Gasteiger partial charge in [-0.1, -0.05) is 0 Å². The van der Waals surface area contributed by atoms with Gasteiger partial charge in [0.1, 0.15) is 6.10 Å². The molecule has 0 spiro atoms. The number of aromatic nitrogens is 2. The largest absolute Gasteiger partial charge is 0.422 e. The van der Waals surface area contributed by atoms with Crippen molar-refractivity contribution in [1.29, 1.82) is 0 Å². The van der Waals surface area contributed by atoms with Gasteiger partial charge in [-0.05, 0) is 25.7 Å². The van der Waals surface area contributed by atoms with Crippen LogP contribution in [-0.2, 0) is 11.2 Å². The summed E-state index contributed by atoms with van der Waals surface area (Å²) < 4.78 is 11.1. The Morgan fingerprint density at radius 3 is 2.94 bits per heavy atom. The van der Waals surface area contributed by atoms with E-state index in [2.05, 4.69) is 15.5 Å². The number of ether oxygens (including phenoxy) is 1. The maximum Gasteiger partial charge on any atom is 0.245 e. The summed E-state index contributed by atoms with van der Waals surface area (Å²) in [6, 6.07) is 0.737. The number of hydrogen-bond donors (Lipinski definition) is 1. The van der Waals surface area contributed by atoms with Crippen LogP contribution in [0.3, 0.4) is 0 Å². The summed E-state index contributed by atoms with van der Waals surface area (Å²) in [6.07, 6.45) is 5.57. The second kappa shape index (κ2) is 4.51. The first kappa shape index (κ1) is 10.2. The molecule has 1 atom stereocenters. The number of rotatable bonds is 5. The fourth-order valence-electron chi connectivity index (χ4n) is 1.94. The SMILES string of the molecule is C1COC(c2nnc(CCNC3CC3)o2)C1. The number of nitrogens with zero attached hydrogens (tertiary/aromatic N) is 2. The van der Waals surface area contributed by atoms with Crippen LogP contribution in [0.15, 0.2) is 4.42 Å². The summed E-state index contributed by atoms with van der Waals surface area (Å²) >= 11 is 0. The van der Waals surface area contributed by atoms with Crippen LogP contribution in [0.5, 0.6) is 0 Å². The Hall–Kier alpha value is -0.940. The quantitative estimate of drug-likeness (QED) is 0.813. The Labute approximate surface area is 94.6 Å².